The summed E-state index contributed by atoms with van der Waals surface area (Å²) < 4.78 is 4.94. The van der Waals surface area contributed by atoms with E-state index in [1.165, 1.54) is 0 Å². The molecule has 1 rings (SSSR count). The molecule has 0 aliphatic heterocycles. The number of anilines is 1. The first-order chi connectivity index (χ1) is 7.26. The van der Waals surface area contributed by atoms with Gasteiger partial charge in [-0.05, 0) is 17.7 Å². The molecular formula is C10H15N3O2. The summed E-state index contributed by atoms with van der Waals surface area (Å²) in [6.45, 7) is 0.291. The summed E-state index contributed by atoms with van der Waals surface area (Å²) in [5, 5.41) is 3.01. The quantitative estimate of drug-likeness (QED) is 0.368. The Morgan fingerprint density at radius 3 is 2.60 bits per heavy atom. The minimum atomic E-state index is -0.366. The number of hydrogen-bond acceptors (Lipinski definition) is 5. The van der Waals surface area contributed by atoms with Crippen molar-refractivity contribution in [1.29, 1.82) is 0 Å². The van der Waals surface area contributed by atoms with Crippen molar-refractivity contribution in [3.63, 3.8) is 0 Å². The fourth-order valence-corrected chi connectivity index (χ4v) is 1.07. The van der Waals surface area contributed by atoms with Gasteiger partial charge in [0.25, 0.3) is 0 Å². The number of carbonyl (C=O) groups is 1. The van der Waals surface area contributed by atoms with Crippen LogP contribution < -0.4 is 16.6 Å². The number of nitrogens with two attached hydrogens (primary N) is 1. The maximum atomic E-state index is 11.0. The summed E-state index contributed by atoms with van der Waals surface area (Å²) in [7, 11) is 1.85. The molecule has 0 amide bonds. The van der Waals surface area contributed by atoms with Gasteiger partial charge in [-0.15, -0.1) is 0 Å². The lowest BCUT2D eigenvalue weighted by atomic mass is 10.2. The van der Waals surface area contributed by atoms with Crippen molar-refractivity contribution >= 4 is 11.7 Å². The maximum Gasteiger partial charge on any atom is 0.321 e. The summed E-state index contributed by atoms with van der Waals surface area (Å²) in [4.78, 5) is 11.0. The highest BCUT2D eigenvalue weighted by Gasteiger charge is 2.01. The van der Waals surface area contributed by atoms with E-state index in [1.807, 2.05) is 31.3 Å². The molecule has 0 saturated heterocycles. The monoisotopic (exact) mass is 209 g/mol. The van der Waals surface area contributed by atoms with Crippen LogP contribution in [-0.4, -0.2) is 19.6 Å². The average molecular weight is 209 g/mol. The largest absolute Gasteiger partial charge is 0.460 e. The molecule has 82 valence electrons. The normalized spacial score (nSPS) is 9.73. The van der Waals surface area contributed by atoms with Crippen LogP contribution in [0.2, 0.25) is 0 Å². The van der Waals surface area contributed by atoms with Gasteiger partial charge in [-0.3, -0.25) is 10.6 Å². The number of nitrogens with one attached hydrogen (secondary N) is 2. The van der Waals surface area contributed by atoms with Gasteiger partial charge in [0.05, 0.1) is 0 Å². The molecule has 1 aromatic rings. The molecule has 5 heteroatoms. The highest BCUT2D eigenvalue weighted by atomic mass is 16.5. The molecule has 0 spiro atoms. The van der Waals surface area contributed by atoms with Crippen molar-refractivity contribution in [2.24, 2.45) is 5.84 Å². The SMILES string of the molecule is CNc1ccc(COC(=O)CNN)cc1. The Labute approximate surface area is 88.6 Å². The van der Waals surface area contributed by atoms with Crippen LogP contribution in [0.1, 0.15) is 5.56 Å². The molecule has 15 heavy (non-hydrogen) atoms. The lowest BCUT2D eigenvalue weighted by molar-refractivity contribution is -0.143. The van der Waals surface area contributed by atoms with Crippen LogP contribution in [0.4, 0.5) is 5.69 Å². The van der Waals surface area contributed by atoms with Gasteiger partial charge < -0.3 is 10.1 Å². The second kappa shape index (κ2) is 6.00. The van der Waals surface area contributed by atoms with Gasteiger partial charge >= 0.3 is 5.97 Å². The molecule has 0 heterocycles. The summed E-state index contributed by atoms with van der Waals surface area (Å²) in [6, 6.07) is 7.64. The van der Waals surface area contributed by atoms with E-state index >= 15 is 0 Å². The van der Waals surface area contributed by atoms with Crippen molar-refractivity contribution in [1.82, 2.24) is 5.43 Å². The van der Waals surface area contributed by atoms with E-state index in [4.69, 9.17) is 10.6 Å². The molecule has 0 saturated carbocycles. The number of esters is 1. The van der Waals surface area contributed by atoms with Gasteiger partial charge in [-0.25, -0.2) is 5.43 Å². The fraction of sp³-hybridized carbons (Fsp3) is 0.300. The number of carbonyl (C=O) groups excluding carboxylic acids is 1. The van der Waals surface area contributed by atoms with Crippen LogP contribution in [0, 0.1) is 0 Å². The van der Waals surface area contributed by atoms with E-state index in [2.05, 4.69) is 10.7 Å². The zero-order valence-corrected chi connectivity index (χ0v) is 8.62. The minimum Gasteiger partial charge on any atom is -0.460 e. The molecule has 0 unspecified atom stereocenters. The Hall–Kier alpha value is -1.59. The van der Waals surface area contributed by atoms with E-state index in [0.29, 0.717) is 0 Å². The predicted octanol–water partition coefficient (Wildman–Crippen LogP) is 0.235. The van der Waals surface area contributed by atoms with Crippen LogP contribution in [0.3, 0.4) is 0 Å². The van der Waals surface area contributed by atoms with E-state index in [0.717, 1.165) is 11.3 Å². The highest BCUT2D eigenvalue weighted by Crippen LogP contribution is 2.09. The number of hydrazine groups is 1. The van der Waals surface area contributed by atoms with Crippen LogP contribution in [0.5, 0.6) is 0 Å². The number of ether oxygens (including phenoxy) is 1. The zero-order valence-electron chi connectivity index (χ0n) is 8.62. The molecule has 0 aliphatic carbocycles. The second-order valence-corrected chi connectivity index (χ2v) is 2.99. The van der Waals surface area contributed by atoms with Gasteiger partial charge in [0.2, 0.25) is 0 Å². The van der Waals surface area contributed by atoms with Crippen molar-refractivity contribution in [3.05, 3.63) is 29.8 Å². The number of hydrogen-bond donors (Lipinski definition) is 3. The van der Waals surface area contributed by atoms with Crippen molar-refractivity contribution in [3.8, 4) is 0 Å². The van der Waals surface area contributed by atoms with E-state index < -0.39 is 0 Å². The summed E-state index contributed by atoms with van der Waals surface area (Å²) >= 11 is 0. The average Bonchev–Trinajstić information content (AvgIpc) is 2.27. The summed E-state index contributed by atoms with van der Waals surface area (Å²) in [5.74, 6) is 4.61. The molecular weight excluding hydrogens is 194 g/mol. The summed E-state index contributed by atoms with van der Waals surface area (Å²) in [5.41, 5.74) is 4.20. The lowest BCUT2D eigenvalue weighted by Gasteiger charge is -2.05. The van der Waals surface area contributed by atoms with Crippen LogP contribution in [0.15, 0.2) is 24.3 Å². The Morgan fingerprint density at radius 2 is 2.07 bits per heavy atom. The molecule has 0 atom stereocenters. The molecule has 0 aliphatic rings. The first-order valence-electron chi connectivity index (χ1n) is 4.62. The van der Waals surface area contributed by atoms with Crippen LogP contribution in [0.25, 0.3) is 0 Å². The molecule has 4 N–H and O–H groups in total. The highest BCUT2D eigenvalue weighted by molar-refractivity contribution is 5.71. The minimum absolute atomic E-state index is 0.0224. The van der Waals surface area contributed by atoms with E-state index in [-0.39, 0.29) is 19.1 Å². The first-order valence-corrected chi connectivity index (χ1v) is 4.62. The van der Waals surface area contributed by atoms with E-state index in [9.17, 15) is 4.79 Å². The zero-order chi connectivity index (χ0) is 11.1. The van der Waals surface area contributed by atoms with Crippen molar-refractivity contribution in [2.75, 3.05) is 18.9 Å². The topological polar surface area (TPSA) is 76.4 Å². The number of benzene rings is 1. The van der Waals surface area contributed by atoms with Crippen molar-refractivity contribution in [2.45, 2.75) is 6.61 Å². The van der Waals surface area contributed by atoms with Gasteiger partial charge in [-0.1, -0.05) is 12.1 Å². The predicted molar refractivity (Wildman–Crippen MR) is 58.0 cm³/mol. The molecule has 5 nitrogen and oxygen atoms in total. The Morgan fingerprint density at radius 1 is 1.40 bits per heavy atom. The van der Waals surface area contributed by atoms with Crippen LogP contribution >= 0.6 is 0 Å². The van der Waals surface area contributed by atoms with Gasteiger partial charge in [0.1, 0.15) is 13.2 Å². The van der Waals surface area contributed by atoms with Gasteiger partial charge in [-0.2, -0.15) is 0 Å². The molecule has 0 aromatic heterocycles. The van der Waals surface area contributed by atoms with Gasteiger partial charge in [0, 0.05) is 12.7 Å². The van der Waals surface area contributed by atoms with Crippen molar-refractivity contribution < 1.29 is 9.53 Å². The fourth-order valence-electron chi connectivity index (χ4n) is 1.07. The molecule has 1 aromatic carbocycles. The summed E-state index contributed by atoms with van der Waals surface area (Å²) in [6.07, 6.45) is 0. The van der Waals surface area contributed by atoms with Gasteiger partial charge in [0.15, 0.2) is 0 Å². The number of rotatable bonds is 5. The molecule has 0 radical (unpaired) electrons. The third-order valence-corrected chi connectivity index (χ3v) is 1.89. The smallest absolute Gasteiger partial charge is 0.321 e. The van der Waals surface area contributed by atoms with E-state index in [1.54, 1.807) is 0 Å². The lowest BCUT2D eigenvalue weighted by Crippen LogP contribution is -2.30. The second-order valence-electron chi connectivity index (χ2n) is 2.99. The Kier molecular flexibility index (Phi) is 4.59. The standard InChI is InChI=1S/C10H15N3O2/c1-12-9-4-2-8(3-5-9)7-15-10(14)6-13-11/h2-5,12-13H,6-7,11H2,1H3. The third kappa shape index (κ3) is 3.97. The maximum absolute atomic E-state index is 11.0. The van der Waals surface area contributed by atoms with Crippen LogP contribution in [-0.2, 0) is 16.1 Å². The third-order valence-electron chi connectivity index (χ3n) is 1.89. The molecule has 0 fully saturated rings. The Balaban J connectivity index is 2.40. The first kappa shape index (κ1) is 11.5. The molecule has 0 bridgehead atoms. The Bertz CT molecular complexity index is 311.